The van der Waals surface area contributed by atoms with Crippen LogP contribution in [0, 0.1) is 0 Å². The molecule has 1 heterocycles. The Morgan fingerprint density at radius 1 is 0.700 bits per heavy atom. The SMILES string of the molecule is C[C@H]([O-])CN1CCN(Cc2ccccc2[O-])CCN(Cc2ccccc2[O-])CC1.[Fe+3]. The average Bonchev–Trinajstić information content (AvgIpc) is 2.77. The fourth-order valence-electron chi connectivity index (χ4n) is 3.80. The molecule has 2 aromatic carbocycles. The van der Waals surface area contributed by atoms with Crippen LogP contribution in [-0.2, 0) is 30.2 Å². The van der Waals surface area contributed by atoms with Crippen LogP contribution < -0.4 is 15.3 Å². The first-order valence-electron chi connectivity index (χ1n) is 10.3. The van der Waals surface area contributed by atoms with E-state index in [1.165, 1.54) is 0 Å². The Kier molecular flexibility index (Phi) is 10.1. The van der Waals surface area contributed by atoms with E-state index in [9.17, 15) is 15.3 Å². The van der Waals surface area contributed by atoms with E-state index in [0.717, 1.165) is 50.4 Å². The predicted octanol–water partition coefficient (Wildman–Crippen LogP) is 0.200. The Balaban J connectivity index is 0.00000320. The van der Waals surface area contributed by atoms with Gasteiger partial charge in [-0.3, -0.25) is 9.80 Å². The van der Waals surface area contributed by atoms with E-state index in [0.29, 0.717) is 19.6 Å². The molecule has 0 amide bonds. The summed E-state index contributed by atoms with van der Waals surface area (Å²) in [5.74, 6) is 0.129. The molecule has 1 aliphatic rings. The zero-order chi connectivity index (χ0) is 20.6. The first kappa shape index (κ1) is 24.7. The smallest absolute Gasteiger partial charge is 0.872 e. The van der Waals surface area contributed by atoms with Gasteiger partial charge in [-0.15, -0.1) is 17.6 Å². The van der Waals surface area contributed by atoms with Crippen molar-refractivity contribution in [2.75, 3.05) is 45.8 Å². The van der Waals surface area contributed by atoms with E-state index in [1.807, 2.05) is 24.3 Å². The monoisotopic (exact) mass is 452 g/mol. The molecule has 30 heavy (non-hydrogen) atoms. The molecule has 0 aliphatic carbocycles. The molecule has 0 unspecified atom stereocenters. The summed E-state index contributed by atoms with van der Waals surface area (Å²) >= 11 is 0. The average molecular weight is 452 g/mol. The quantitative estimate of drug-likeness (QED) is 0.583. The summed E-state index contributed by atoms with van der Waals surface area (Å²) in [5.41, 5.74) is 1.60. The van der Waals surface area contributed by atoms with Crippen LogP contribution in [0.5, 0.6) is 11.5 Å². The third-order valence-electron chi connectivity index (χ3n) is 5.45. The van der Waals surface area contributed by atoms with Crippen LogP contribution in [0.15, 0.2) is 48.5 Å². The Morgan fingerprint density at radius 2 is 1.07 bits per heavy atom. The summed E-state index contributed by atoms with van der Waals surface area (Å²) in [7, 11) is 0. The maximum atomic E-state index is 12.1. The van der Waals surface area contributed by atoms with Crippen LogP contribution in [0.3, 0.4) is 0 Å². The fourth-order valence-corrected chi connectivity index (χ4v) is 3.80. The number of rotatable bonds is 6. The molecule has 2 aromatic rings. The van der Waals surface area contributed by atoms with Gasteiger partial charge in [-0.1, -0.05) is 55.5 Å². The summed E-state index contributed by atoms with van der Waals surface area (Å²) in [6.07, 6.45) is -0.637. The van der Waals surface area contributed by atoms with Gasteiger partial charge in [0.15, 0.2) is 0 Å². The van der Waals surface area contributed by atoms with Gasteiger partial charge in [-0.2, -0.15) is 0 Å². The Labute approximate surface area is 190 Å². The van der Waals surface area contributed by atoms with E-state index in [-0.39, 0.29) is 28.6 Å². The van der Waals surface area contributed by atoms with E-state index in [1.54, 1.807) is 31.2 Å². The van der Waals surface area contributed by atoms with Gasteiger partial charge in [0.05, 0.1) is 0 Å². The minimum absolute atomic E-state index is 0. The van der Waals surface area contributed by atoms with Crippen molar-refractivity contribution < 1.29 is 32.4 Å². The van der Waals surface area contributed by atoms with Gasteiger partial charge in [0.1, 0.15) is 0 Å². The molecule has 1 radical (unpaired) electrons. The second-order valence-electron chi connectivity index (χ2n) is 7.88. The molecule has 1 atom stereocenters. The zero-order valence-electron chi connectivity index (χ0n) is 17.5. The van der Waals surface area contributed by atoms with Crippen LogP contribution in [-0.4, -0.2) is 66.6 Å². The standard InChI is InChI=1S/C23H32N3O3.Fe/c1-19(27)16-24-10-12-25(17-20-6-2-4-8-22(20)28)14-15-26(13-11-24)18-21-7-3-5-9-23(21)29;/h2-9,19,28-29H,10-18H2,1H3;/q-1;+3/p-2/t19-;/m0./s1. The van der Waals surface area contributed by atoms with Crippen molar-refractivity contribution in [3.05, 3.63) is 59.7 Å². The third kappa shape index (κ3) is 7.58. The van der Waals surface area contributed by atoms with Crippen LogP contribution in [0.25, 0.3) is 0 Å². The molecule has 163 valence electrons. The van der Waals surface area contributed by atoms with Gasteiger partial charge >= 0.3 is 17.1 Å². The normalized spacial score (nSPS) is 18.1. The summed E-state index contributed by atoms with van der Waals surface area (Å²) in [4.78, 5) is 6.76. The second-order valence-corrected chi connectivity index (χ2v) is 7.88. The van der Waals surface area contributed by atoms with Gasteiger partial charge in [0.25, 0.3) is 0 Å². The number of benzene rings is 2. The molecule has 7 heteroatoms. The summed E-state index contributed by atoms with van der Waals surface area (Å²) in [6, 6.07) is 14.3. The molecule has 6 nitrogen and oxygen atoms in total. The number of hydrogen-bond donors (Lipinski definition) is 0. The van der Waals surface area contributed by atoms with Crippen molar-refractivity contribution in [2.24, 2.45) is 0 Å². The van der Waals surface area contributed by atoms with Crippen molar-refractivity contribution in [2.45, 2.75) is 26.1 Å². The van der Waals surface area contributed by atoms with E-state index >= 15 is 0 Å². The van der Waals surface area contributed by atoms with Gasteiger partial charge in [0, 0.05) is 52.4 Å². The Hall–Kier alpha value is -1.60. The van der Waals surface area contributed by atoms with Gasteiger partial charge in [-0.25, -0.2) is 0 Å². The van der Waals surface area contributed by atoms with E-state index in [4.69, 9.17) is 0 Å². The summed E-state index contributed by atoms with van der Waals surface area (Å²) < 4.78 is 0. The fraction of sp³-hybridized carbons (Fsp3) is 0.478. The molecule has 0 N–H and O–H groups in total. The largest absolute Gasteiger partial charge is 3.00 e. The van der Waals surface area contributed by atoms with Crippen molar-refractivity contribution in [3.63, 3.8) is 0 Å². The first-order chi connectivity index (χ1) is 14.0. The van der Waals surface area contributed by atoms with Crippen LogP contribution in [0.4, 0.5) is 0 Å². The van der Waals surface area contributed by atoms with Gasteiger partial charge in [0.2, 0.25) is 0 Å². The minimum atomic E-state index is -0.637. The summed E-state index contributed by atoms with van der Waals surface area (Å²) in [5, 5.41) is 36.1. The van der Waals surface area contributed by atoms with Crippen molar-refractivity contribution in [1.82, 2.24) is 14.7 Å². The van der Waals surface area contributed by atoms with Crippen molar-refractivity contribution >= 4 is 0 Å². The second kappa shape index (κ2) is 12.3. The molecule has 1 aliphatic heterocycles. The maximum absolute atomic E-state index is 12.1. The molecule has 0 saturated carbocycles. The molecular formula is C23H30FeN3O3. The van der Waals surface area contributed by atoms with Crippen molar-refractivity contribution in [1.29, 1.82) is 0 Å². The first-order valence-corrected chi connectivity index (χ1v) is 10.3. The Bertz CT molecular complexity index is 715. The number of nitrogens with zero attached hydrogens (tertiary/aromatic N) is 3. The topological polar surface area (TPSA) is 78.9 Å². The third-order valence-corrected chi connectivity index (χ3v) is 5.45. The molecule has 1 fully saturated rings. The van der Waals surface area contributed by atoms with Crippen LogP contribution in [0.2, 0.25) is 0 Å². The molecule has 0 bridgehead atoms. The molecule has 3 rings (SSSR count). The van der Waals surface area contributed by atoms with Gasteiger partial charge in [-0.05, 0) is 17.7 Å². The minimum Gasteiger partial charge on any atom is -0.872 e. The van der Waals surface area contributed by atoms with Gasteiger partial charge < -0.3 is 20.2 Å². The number of para-hydroxylation sites is 2. The van der Waals surface area contributed by atoms with E-state index < -0.39 is 6.10 Å². The van der Waals surface area contributed by atoms with E-state index in [2.05, 4.69) is 14.7 Å². The van der Waals surface area contributed by atoms with Crippen molar-refractivity contribution in [3.8, 4) is 11.5 Å². The molecular weight excluding hydrogens is 422 g/mol. The zero-order valence-corrected chi connectivity index (χ0v) is 18.6. The predicted molar refractivity (Wildman–Crippen MR) is 108 cm³/mol. The summed E-state index contributed by atoms with van der Waals surface area (Å²) in [6.45, 7) is 8.28. The maximum Gasteiger partial charge on any atom is 3.00 e. The Morgan fingerprint density at radius 3 is 1.43 bits per heavy atom. The molecule has 0 aromatic heterocycles. The number of hydrogen-bond acceptors (Lipinski definition) is 6. The molecule has 0 spiro atoms. The molecule has 1 saturated heterocycles. The van der Waals surface area contributed by atoms with Crippen LogP contribution in [0.1, 0.15) is 18.1 Å². The van der Waals surface area contributed by atoms with Crippen LogP contribution >= 0.6 is 0 Å².